The van der Waals surface area contributed by atoms with Crippen molar-refractivity contribution in [3.8, 4) is 0 Å². The van der Waals surface area contributed by atoms with Crippen molar-refractivity contribution in [3.63, 3.8) is 0 Å². The summed E-state index contributed by atoms with van der Waals surface area (Å²) in [6.45, 7) is 2.64. The van der Waals surface area contributed by atoms with Gasteiger partial charge in [-0.25, -0.2) is 0 Å². The zero-order chi connectivity index (χ0) is 22.2. The number of hydrogen-bond acceptors (Lipinski definition) is 10. The van der Waals surface area contributed by atoms with Gasteiger partial charge in [-0.3, -0.25) is 0 Å². The van der Waals surface area contributed by atoms with Gasteiger partial charge in [-0.15, -0.1) is 12.4 Å². The molecule has 0 radical (unpaired) electrons. The van der Waals surface area contributed by atoms with Gasteiger partial charge in [-0.2, -0.15) is 15.0 Å². The number of benzene rings is 1. The highest BCUT2D eigenvalue weighted by Crippen LogP contribution is 2.27. The molecule has 0 amide bonds. The van der Waals surface area contributed by atoms with Crippen LogP contribution in [0.2, 0.25) is 0 Å². The molecule has 0 bridgehead atoms. The molecule has 3 aliphatic rings. The first-order chi connectivity index (χ1) is 15.4. The lowest BCUT2D eigenvalue weighted by atomic mass is 10.0. The molecule has 3 heterocycles. The van der Waals surface area contributed by atoms with Crippen molar-refractivity contribution in [1.29, 1.82) is 0 Å². The maximum atomic E-state index is 6.23. The quantitative estimate of drug-likeness (QED) is 0.415. The average molecular weight is 475 g/mol. The van der Waals surface area contributed by atoms with Crippen LogP contribution in [0.15, 0.2) is 18.2 Å². The molecule has 9 N–H and O–H groups in total. The second kappa shape index (κ2) is 9.94. The molecule has 4 atom stereocenters. The van der Waals surface area contributed by atoms with Crippen LogP contribution in [0.3, 0.4) is 0 Å². The van der Waals surface area contributed by atoms with E-state index in [9.17, 15) is 0 Å². The van der Waals surface area contributed by atoms with E-state index < -0.39 is 0 Å². The van der Waals surface area contributed by atoms with Crippen molar-refractivity contribution >= 4 is 35.9 Å². The van der Waals surface area contributed by atoms with Gasteiger partial charge in [0.05, 0.1) is 0 Å². The number of nitrogens with one attached hydrogen (secondary N) is 1. The summed E-state index contributed by atoms with van der Waals surface area (Å²) in [7, 11) is 0. The zero-order valence-corrected chi connectivity index (χ0v) is 19.7. The number of nitrogens with two attached hydrogens (primary N) is 4. The van der Waals surface area contributed by atoms with Crippen LogP contribution in [0.1, 0.15) is 30.4 Å². The molecule has 5 rings (SSSR count). The first-order valence-electron chi connectivity index (χ1n) is 11.6. The number of anilines is 4. The van der Waals surface area contributed by atoms with E-state index in [0.717, 1.165) is 31.4 Å². The topological polar surface area (TPSA) is 161 Å². The van der Waals surface area contributed by atoms with Gasteiger partial charge in [0, 0.05) is 56.0 Å². The predicted octanol–water partition coefficient (Wildman–Crippen LogP) is 0.255. The number of piperidine rings is 2. The number of nitrogens with zero attached hydrogens (tertiary/aromatic N) is 5. The van der Waals surface area contributed by atoms with Crippen LogP contribution >= 0.6 is 12.4 Å². The Morgan fingerprint density at radius 3 is 1.79 bits per heavy atom. The van der Waals surface area contributed by atoms with Crippen LogP contribution in [-0.2, 0) is 12.8 Å². The van der Waals surface area contributed by atoms with Gasteiger partial charge in [0.25, 0.3) is 0 Å². The normalized spacial score (nSPS) is 27.2. The highest BCUT2D eigenvalue weighted by atomic mass is 35.5. The van der Waals surface area contributed by atoms with Crippen molar-refractivity contribution < 1.29 is 0 Å². The van der Waals surface area contributed by atoms with Crippen LogP contribution in [0, 0.1) is 0 Å². The Labute approximate surface area is 200 Å². The highest BCUT2D eigenvalue weighted by Gasteiger charge is 2.28. The summed E-state index contributed by atoms with van der Waals surface area (Å²) in [5.74, 6) is 1.66. The minimum atomic E-state index is -0.0103. The molecule has 2 saturated heterocycles. The summed E-state index contributed by atoms with van der Waals surface area (Å²) in [6.07, 6.45) is 5.07. The van der Waals surface area contributed by atoms with Crippen LogP contribution in [0.25, 0.3) is 0 Å². The molecule has 2 aliphatic heterocycles. The molecule has 1 aromatic carbocycles. The molecule has 2 fully saturated rings. The summed E-state index contributed by atoms with van der Waals surface area (Å²) >= 11 is 0. The maximum Gasteiger partial charge on any atom is 0.233 e. The van der Waals surface area contributed by atoms with Crippen molar-refractivity contribution in [3.05, 3.63) is 29.3 Å². The Bertz CT molecular complexity index is 908. The lowest BCUT2D eigenvalue weighted by Crippen LogP contribution is -2.54. The van der Waals surface area contributed by atoms with E-state index in [1.807, 2.05) is 0 Å². The van der Waals surface area contributed by atoms with E-state index >= 15 is 0 Å². The standard InChI is InChI=1S/C22H34N10.ClH/c23-15-7-16(24)10-31(9-15)21-28-20(27-19-5-4-13-2-1-3-14(13)6-19)29-22(30-21)32-11-17(25)8-18(26)12-32;/h4-6,15-18H,1-3,7-12,23-26H2,(H,27,28,29,30);1H/t15-,16+,17-,18+;. The van der Waals surface area contributed by atoms with Gasteiger partial charge in [0.1, 0.15) is 0 Å². The number of hydrogen-bond donors (Lipinski definition) is 5. The molecule has 10 nitrogen and oxygen atoms in total. The fraction of sp³-hybridized carbons (Fsp3) is 0.591. The van der Waals surface area contributed by atoms with E-state index in [4.69, 9.17) is 37.9 Å². The van der Waals surface area contributed by atoms with E-state index in [-0.39, 0.29) is 36.6 Å². The van der Waals surface area contributed by atoms with E-state index in [0.29, 0.717) is 44.0 Å². The molecule has 1 aliphatic carbocycles. The second-order valence-corrected chi connectivity index (χ2v) is 9.54. The monoisotopic (exact) mass is 474 g/mol. The Morgan fingerprint density at radius 2 is 1.24 bits per heavy atom. The summed E-state index contributed by atoms with van der Waals surface area (Å²) in [5, 5.41) is 3.40. The number of rotatable bonds is 4. The van der Waals surface area contributed by atoms with Gasteiger partial charge in [-0.05, 0) is 55.4 Å². The van der Waals surface area contributed by atoms with Crippen molar-refractivity contribution in [1.82, 2.24) is 15.0 Å². The average Bonchev–Trinajstić information content (AvgIpc) is 3.20. The zero-order valence-electron chi connectivity index (χ0n) is 18.9. The number of aromatic nitrogens is 3. The minimum Gasteiger partial charge on any atom is -0.338 e. The fourth-order valence-electron chi connectivity index (χ4n) is 5.16. The Morgan fingerprint density at radius 1 is 0.727 bits per heavy atom. The largest absolute Gasteiger partial charge is 0.338 e. The van der Waals surface area contributed by atoms with Crippen molar-refractivity contribution in [2.24, 2.45) is 22.9 Å². The van der Waals surface area contributed by atoms with E-state index in [2.05, 4.69) is 33.3 Å². The van der Waals surface area contributed by atoms with Crippen molar-refractivity contribution in [2.75, 3.05) is 41.3 Å². The van der Waals surface area contributed by atoms with Gasteiger partial charge in [-0.1, -0.05) is 6.07 Å². The molecule has 180 valence electrons. The van der Waals surface area contributed by atoms with Gasteiger partial charge in [0.2, 0.25) is 17.8 Å². The predicted molar refractivity (Wildman–Crippen MR) is 134 cm³/mol. The smallest absolute Gasteiger partial charge is 0.233 e. The molecule has 0 unspecified atom stereocenters. The Hall–Kier alpha value is -2.24. The molecular weight excluding hydrogens is 440 g/mol. The van der Waals surface area contributed by atoms with Crippen LogP contribution in [0.5, 0.6) is 0 Å². The van der Waals surface area contributed by atoms with E-state index in [1.54, 1.807) is 0 Å². The lowest BCUT2D eigenvalue weighted by molar-refractivity contribution is 0.441. The number of fused-ring (bicyclic) bond motifs is 1. The van der Waals surface area contributed by atoms with Crippen LogP contribution in [-0.4, -0.2) is 65.3 Å². The highest BCUT2D eigenvalue weighted by molar-refractivity contribution is 5.85. The first-order valence-corrected chi connectivity index (χ1v) is 11.6. The molecule has 11 heteroatoms. The number of halogens is 1. The third-order valence-electron chi connectivity index (χ3n) is 6.56. The van der Waals surface area contributed by atoms with E-state index in [1.165, 1.54) is 17.5 Å². The molecule has 0 saturated carbocycles. The SMILES string of the molecule is Cl.N[C@@H]1C[C@H](N)CN(c2nc(Nc3ccc4c(c3)CCC4)nc(N3C[C@H](N)C[C@H](N)C3)n2)C1. The van der Waals surface area contributed by atoms with Gasteiger partial charge in [0.15, 0.2) is 0 Å². The van der Waals surface area contributed by atoms with Gasteiger partial charge >= 0.3 is 0 Å². The molecule has 33 heavy (non-hydrogen) atoms. The van der Waals surface area contributed by atoms with Crippen LogP contribution < -0.4 is 38.1 Å². The second-order valence-electron chi connectivity index (χ2n) is 9.54. The third-order valence-corrected chi connectivity index (χ3v) is 6.56. The fourth-order valence-corrected chi connectivity index (χ4v) is 5.16. The number of aryl methyl sites for hydroxylation is 2. The molecule has 0 spiro atoms. The Kier molecular flexibility index (Phi) is 7.20. The Balaban J connectivity index is 0.00000259. The minimum absolute atomic E-state index is 0. The summed E-state index contributed by atoms with van der Waals surface area (Å²) in [4.78, 5) is 18.4. The first kappa shape index (κ1) is 23.9. The van der Waals surface area contributed by atoms with Crippen LogP contribution in [0.4, 0.5) is 23.5 Å². The summed E-state index contributed by atoms with van der Waals surface area (Å²) < 4.78 is 0. The maximum absolute atomic E-state index is 6.23. The molecule has 1 aromatic heterocycles. The summed E-state index contributed by atoms with van der Waals surface area (Å²) in [5.41, 5.74) is 28.7. The molecular formula is C22H35ClN10. The van der Waals surface area contributed by atoms with Crippen molar-refractivity contribution in [2.45, 2.75) is 56.3 Å². The third kappa shape index (κ3) is 5.47. The molecule has 2 aromatic rings. The lowest BCUT2D eigenvalue weighted by Gasteiger charge is -2.37. The van der Waals surface area contributed by atoms with Gasteiger partial charge < -0.3 is 38.1 Å². The summed E-state index contributed by atoms with van der Waals surface area (Å²) in [6, 6.07) is 6.44.